The third-order valence-electron chi connectivity index (χ3n) is 4.37. The second-order valence-corrected chi connectivity index (χ2v) is 7.18. The molecule has 0 radical (unpaired) electrons. The van der Waals surface area contributed by atoms with Crippen molar-refractivity contribution in [3.05, 3.63) is 63.6 Å². The molecule has 7 heteroatoms. The van der Waals surface area contributed by atoms with Gasteiger partial charge in [0.1, 0.15) is 11.8 Å². The van der Waals surface area contributed by atoms with Gasteiger partial charge in [-0.1, -0.05) is 41.4 Å². The van der Waals surface area contributed by atoms with Gasteiger partial charge >= 0.3 is 0 Å². The molecule has 0 saturated carbocycles. The zero-order valence-corrected chi connectivity index (χ0v) is 17.7. The van der Waals surface area contributed by atoms with E-state index in [4.69, 9.17) is 27.9 Å². The summed E-state index contributed by atoms with van der Waals surface area (Å²) in [5, 5.41) is 3.62. The van der Waals surface area contributed by atoms with E-state index in [0.29, 0.717) is 16.6 Å². The molecular weight excluding hydrogens is 399 g/mol. The Morgan fingerprint density at radius 1 is 1.07 bits per heavy atom. The quantitative estimate of drug-likeness (QED) is 0.696. The van der Waals surface area contributed by atoms with Gasteiger partial charge in [-0.05, 0) is 49.2 Å². The fraction of sp³-hybridized carbons (Fsp3) is 0.333. The van der Waals surface area contributed by atoms with Gasteiger partial charge in [-0.25, -0.2) is 0 Å². The number of likely N-dealkylation sites (N-methyl/N-ethyl adjacent to an activating group) is 1. The van der Waals surface area contributed by atoms with E-state index >= 15 is 0 Å². The second-order valence-electron chi connectivity index (χ2n) is 6.37. The molecule has 0 bridgehead atoms. The zero-order valence-electron chi connectivity index (χ0n) is 16.2. The van der Waals surface area contributed by atoms with Crippen LogP contribution in [0.15, 0.2) is 42.5 Å². The fourth-order valence-electron chi connectivity index (χ4n) is 2.76. The molecule has 0 aliphatic heterocycles. The molecule has 0 fully saturated rings. The number of halogens is 2. The van der Waals surface area contributed by atoms with E-state index in [1.807, 2.05) is 19.1 Å². The molecule has 0 heterocycles. The van der Waals surface area contributed by atoms with Crippen molar-refractivity contribution in [2.45, 2.75) is 32.9 Å². The molecule has 150 valence electrons. The molecule has 0 aromatic heterocycles. The van der Waals surface area contributed by atoms with Gasteiger partial charge in [0.2, 0.25) is 11.8 Å². The summed E-state index contributed by atoms with van der Waals surface area (Å²) in [6, 6.07) is 11.9. The Hall–Kier alpha value is -2.24. The average molecular weight is 423 g/mol. The van der Waals surface area contributed by atoms with E-state index < -0.39 is 6.04 Å². The lowest BCUT2D eigenvalue weighted by molar-refractivity contribution is -0.140. The van der Waals surface area contributed by atoms with Crippen LogP contribution in [0, 0.1) is 0 Å². The number of carbonyl (C=O) groups excluding carboxylic acids is 2. The largest absolute Gasteiger partial charge is 0.497 e. The van der Waals surface area contributed by atoms with Crippen LogP contribution in [0.4, 0.5) is 0 Å². The topological polar surface area (TPSA) is 58.6 Å². The molecular formula is C21H24Cl2N2O3. The SMILES string of the molecule is CCNC(=O)[C@H](C)N(Cc1ccc(Cl)c(Cl)c1)C(=O)Cc1ccc(OC)cc1. The number of hydrogen-bond acceptors (Lipinski definition) is 3. The smallest absolute Gasteiger partial charge is 0.242 e. The maximum Gasteiger partial charge on any atom is 0.242 e. The van der Waals surface area contributed by atoms with Crippen LogP contribution in [-0.2, 0) is 22.6 Å². The van der Waals surface area contributed by atoms with E-state index in [1.165, 1.54) is 0 Å². The van der Waals surface area contributed by atoms with Gasteiger partial charge in [-0.15, -0.1) is 0 Å². The van der Waals surface area contributed by atoms with Crippen molar-refractivity contribution in [1.29, 1.82) is 0 Å². The third-order valence-corrected chi connectivity index (χ3v) is 5.11. The minimum atomic E-state index is -0.625. The number of rotatable bonds is 8. The second kappa shape index (κ2) is 10.3. The Morgan fingerprint density at radius 2 is 1.71 bits per heavy atom. The normalized spacial score (nSPS) is 11.6. The Morgan fingerprint density at radius 3 is 2.29 bits per heavy atom. The van der Waals surface area contributed by atoms with Crippen LogP contribution in [0.25, 0.3) is 0 Å². The Balaban J connectivity index is 2.23. The molecule has 0 aliphatic rings. The van der Waals surface area contributed by atoms with Gasteiger partial charge < -0.3 is 15.0 Å². The highest BCUT2D eigenvalue weighted by molar-refractivity contribution is 6.42. The van der Waals surface area contributed by atoms with Gasteiger partial charge in [0.05, 0.1) is 23.6 Å². The number of hydrogen-bond donors (Lipinski definition) is 1. The molecule has 2 aromatic rings. The van der Waals surface area contributed by atoms with Crippen molar-refractivity contribution < 1.29 is 14.3 Å². The Kier molecular flexibility index (Phi) is 8.15. The van der Waals surface area contributed by atoms with Gasteiger partial charge in [-0.2, -0.15) is 0 Å². The number of ether oxygens (including phenoxy) is 1. The van der Waals surface area contributed by atoms with Gasteiger partial charge in [-0.3, -0.25) is 9.59 Å². The monoisotopic (exact) mass is 422 g/mol. The number of methoxy groups -OCH3 is 1. The molecule has 0 spiro atoms. The van der Waals surface area contributed by atoms with Crippen LogP contribution in [0.2, 0.25) is 10.0 Å². The number of carbonyl (C=O) groups is 2. The average Bonchev–Trinajstić information content (AvgIpc) is 2.69. The third kappa shape index (κ3) is 5.88. The van der Waals surface area contributed by atoms with Crippen LogP contribution in [0.3, 0.4) is 0 Å². The maximum absolute atomic E-state index is 13.0. The van der Waals surface area contributed by atoms with Crippen molar-refractivity contribution in [3.8, 4) is 5.75 Å². The number of nitrogens with zero attached hydrogens (tertiary/aromatic N) is 1. The molecule has 2 amide bonds. The summed E-state index contributed by atoms with van der Waals surface area (Å²) in [5.41, 5.74) is 1.64. The first-order valence-electron chi connectivity index (χ1n) is 8.99. The lowest BCUT2D eigenvalue weighted by atomic mass is 10.1. The van der Waals surface area contributed by atoms with Crippen LogP contribution < -0.4 is 10.1 Å². The highest BCUT2D eigenvalue weighted by atomic mass is 35.5. The van der Waals surface area contributed by atoms with Crippen molar-refractivity contribution in [2.75, 3.05) is 13.7 Å². The summed E-state index contributed by atoms with van der Waals surface area (Å²) in [5.74, 6) is 0.361. The van der Waals surface area contributed by atoms with Crippen molar-refractivity contribution in [3.63, 3.8) is 0 Å². The maximum atomic E-state index is 13.0. The van der Waals surface area contributed by atoms with E-state index in [2.05, 4.69) is 5.32 Å². The van der Waals surface area contributed by atoms with Gasteiger partial charge in [0.25, 0.3) is 0 Å². The minimum Gasteiger partial charge on any atom is -0.497 e. The fourth-order valence-corrected chi connectivity index (χ4v) is 3.08. The predicted molar refractivity (Wildman–Crippen MR) is 112 cm³/mol. The minimum absolute atomic E-state index is 0.157. The van der Waals surface area contributed by atoms with Crippen LogP contribution in [-0.4, -0.2) is 36.4 Å². The molecule has 2 aromatic carbocycles. The first-order chi connectivity index (χ1) is 13.3. The lowest BCUT2D eigenvalue weighted by Crippen LogP contribution is -2.48. The predicted octanol–water partition coefficient (Wildman–Crippen LogP) is 4.10. The van der Waals surface area contributed by atoms with Gasteiger partial charge in [0.15, 0.2) is 0 Å². The molecule has 0 unspecified atom stereocenters. The highest BCUT2D eigenvalue weighted by Gasteiger charge is 2.26. The highest BCUT2D eigenvalue weighted by Crippen LogP contribution is 2.24. The van der Waals surface area contributed by atoms with Crippen LogP contribution in [0.5, 0.6) is 5.75 Å². The van der Waals surface area contributed by atoms with Crippen molar-refractivity contribution in [2.24, 2.45) is 0 Å². The van der Waals surface area contributed by atoms with E-state index in [-0.39, 0.29) is 24.8 Å². The Labute approximate surface area is 175 Å². The molecule has 1 N–H and O–H groups in total. The summed E-state index contributed by atoms with van der Waals surface area (Å²) in [7, 11) is 1.59. The summed E-state index contributed by atoms with van der Waals surface area (Å²) in [6.45, 7) is 4.31. The zero-order chi connectivity index (χ0) is 20.7. The molecule has 5 nitrogen and oxygen atoms in total. The molecule has 1 atom stereocenters. The first-order valence-corrected chi connectivity index (χ1v) is 9.75. The summed E-state index contributed by atoms with van der Waals surface area (Å²) >= 11 is 12.1. The standard InChI is InChI=1S/C21H24Cl2N2O3/c1-4-24-21(27)14(2)25(13-16-7-10-18(22)19(23)11-16)20(26)12-15-5-8-17(28-3)9-6-15/h5-11,14H,4,12-13H2,1-3H3,(H,24,27)/t14-/m0/s1. The lowest BCUT2D eigenvalue weighted by Gasteiger charge is -2.29. The van der Waals surface area contributed by atoms with Crippen molar-refractivity contribution in [1.82, 2.24) is 10.2 Å². The number of nitrogens with one attached hydrogen (secondary N) is 1. The Bertz CT molecular complexity index is 825. The van der Waals surface area contributed by atoms with Crippen LogP contribution >= 0.6 is 23.2 Å². The summed E-state index contributed by atoms with van der Waals surface area (Å²) in [4.78, 5) is 26.9. The van der Waals surface area contributed by atoms with Crippen molar-refractivity contribution >= 4 is 35.0 Å². The molecule has 28 heavy (non-hydrogen) atoms. The van der Waals surface area contributed by atoms with E-state index in [9.17, 15) is 9.59 Å². The summed E-state index contributed by atoms with van der Waals surface area (Å²) < 4.78 is 5.15. The van der Waals surface area contributed by atoms with Gasteiger partial charge in [0, 0.05) is 13.1 Å². The molecule has 2 rings (SSSR count). The molecule has 0 aliphatic carbocycles. The first kappa shape index (κ1) is 22.1. The number of benzene rings is 2. The van der Waals surface area contributed by atoms with Crippen LogP contribution in [0.1, 0.15) is 25.0 Å². The molecule has 0 saturated heterocycles. The van der Waals surface area contributed by atoms with E-state index in [1.54, 1.807) is 49.3 Å². The number of amides is 2. The summed E-state index contributed by atoms with van der Waals surface area (Å²) in [6.07, 6.45) is 0.176. The van der Waals surface area contributed by atoms with E-state index in [0.717, 1.165) is 16.9 Å².